The van der Waals surface area contributed by atoms with Crippen molar-refractivity contribution in [1.29, 1.82) is 0 Å². The summed E-state index contributed by atoms with van der Waals surface area (Å²) in [6, 6.07) is 9.29. The van der Waals surface area contributed by atoms with Gasteiger partial charge in [0.05, 0.1) is 0 Å². The zero-order valence-electron chi connectivity index (χ0n) is 16.1. The van der Waals surface area contributed by atoms with Crippen molar-refractivity contribution in [1.82, 2.24) is 14.9 Å². The normalized spacial score (nSPS) is 14.6. The zero-order valence-corrected chi connectivity index (χ0v) is 16.1. The Balaban J connectivity index is 0.000000540. The molecule has 3 rings (SSSR count). The second-order valence-corrected chi connectivity index (χ2v) is 6.61. The number of nitrogens with one attached hydrogen (secondary N) is 1. The number of carbonyl (C=O) groups is 2. The lowest BCUT2D eigenvalue weighted by Crippen LogP contribution is -2.37. The second kappa shape index (κ2) is 11.1. The first-order valence-corrected chi connectivity index (χ1v) is 8.91. The molecule has 1 unspecified atom stereocenters. The molecule has 1 atom stereocenters. The third-order valence-electron chi connectivity index (χ3n) is 4.66. The van der Waals surface area contributed by atoms with Gasteiger partial charge >= 0.3 is 0 Å². The number of hydrogen-bond acceptors (Lipinski definition) is 4. The Morgan fingerprint density at radius 1 is 1.22 bits per heavy atom. The monoisotopic (exact) mass is 375 g/mol. The largest absolute Gasteiger partial charge is 0.483 e. The number of hydrogen-bond donors (Lipinski definition) is 3. The second-order valence-electron chi connectivity index (χ2n) is 6.61. The van der Waals surface area contributed by atoms with Gasteiger partial charge in [-0.2, -0.15) is 0 Å². The lowest BCUT2D eigenvalue weighted by molar-refractivity contribution is -0.123. The first-order valence-electron chi connectivity index (χ1n) is 8.91. The number of nitrogens with zero attached hydrogens (tertiary/aromatic N) is 2. The first-order chi connectivity index (χ1) is 12.9. The summed E-state index contributed by atoms with van der Waals surface area (Å²) in [6.45, 7) is 7.11. The zero-order chi connectivity index (χ0) is 20.3. The predicted octanol–water partition coefficient (Wildman–Crippen LogP) is 2.96. The summed E-state index contributed by atoms with van der Waals surface area (Å²) in [5.74, 6) is 1.10. The van der Waals surface area contributed by atoms with Crippen LogP contribution in [0.5, 0.6) is 0 Å². The van der Waals surface area contributed by atoms with E-state index in [1.807, 2.05) is 6.20 Å². The van der Waals surface area contributed by atoms with Crippen LogP contribution in [0.3, 0.4) is 0 Å². The molecule has 1 aromatic carbocycles. The van der Waals surface area contributed by atoms with E-state index in [0.717, 1.165) is 18.8 Å². The van der Waals surface area contributed by atoms with E-state index < -0.39 is 0 Å². The Bertz CT molecular complexity index is 705. The summed E-state index contributed by atoms with van der Waals surface area (Å²) >= 11 is 0. The van der Waals surface area contributed by atoms with Gasteiger partial charge in [0.25, 0.3) is 12.9 Å². The molecule has 0 bridgehead atoms. The lowest BCUT2D eigenvalue weighted by atomic mass is 9.98. The topological polar surface area (TPSA) is 104 Å². The molecule has 3 N–H and O–H groups in total. The van der Waals surface area contributed by atoms with Gasteiger partial charge < -0.3 is 20.1 Å². The minimum absolute atomic E-state index is 0.231. The molecule has 27 heavy (non-hydrogen) atoms. The molecule has 1 fully saturated rings. The van der Waals surface area contributed by atoms with Crippen LogP contribution in [0.2, 0.25) is 0 Å². The summed E-state index contributed by atoms with van der Waals surface area (Å²) in [4.78, 5) is 21.0. The Morgan fingerprint density at radius 3 is 2.30 bits per heavy atom. The number of imidazole rings is 1. The van der Waals surface area contributed by atoms with E-state index in [1.165, 1.54) is 24.0 Å². The fraction of sp³-hybridized carbons (Fsp3) is 0.450. The first kappa shape index (κ1) is 22.4. The van der Waals surface area contributed by atoms with Gasteiger partial charge in [-0.05, 0) is 51.2 Å². The van der Waals surface area contributed by atoms with Crippen molar-refractivity contribution in [2.75, 3.05) is 0 Å². The van der Waals surface area contributed by atoms with E-state index in [-0.39, 0.29) is 18.5 Å². The van der Waals surface area contributed by atoms with Crippen LogP contribution in [0, 0.1) is 13.8 Å². The standard InChI is InChI=1S/C18H25N3.2CH2O2/c1-14-6-4-5-7-17(14)18(9-10-18)20-15(2)8-12-21-13-11-19-16(21)3;2*2-1-3/h4-7,11,13,15,20H,8-10,12H2,1-3H3;2*1H,(H,2,3). The van der Waals surface area contributed by atoms with Gasteiger partial charge in [-0.25, -0.2) is 4.98 Å². The molecule has 7 heteroatoms. The summed E-state index contributed by atoms with van der Waals surface area (Å²) in [5.41, 5.74) is 3.12. The molecule has 1 saturated carbocycles. The number of rotatable bonds is 6. The average Bonchev–Trinajstić information content (AvgIpc) is 3.28. The number of aromatic nitrogens is 2. The molecular formula is C20H29N3O4. The fourth-order valence-electron chi connectivity index (χ4n) is 3.24. The lowest BCUT2D eigenvalue weighted by Gasteiger charge is -2.25. The van der Waals surface area contributed by atoms with Gasteiger partial charge in [0.15, 0.2) is 0 Å². The van der Waals surface area contributed by atoms with Gasteiger partial charge in [0.2, 0.25) is 0 Å². The molecule has 1 aliphatic carbocycles. The maximum Gasteiger partial charge on any atom is 0.290 e. The minimum Gasteiger partial charge on any atom is -0.483 e. The summed E-state index contributed by atoms with van der Waals surface area (Å²) in [6.07, 6.45) is 7.59. The molecule has 1 heterocycles. The highest BCUT2D eigenvalue weighted by atomic mass is 16.3. The highest BCUT2D eigenvalue weighted by Gasteiger charge is 2.45. The van der Waals surface area contributed by atoms with E-state index in [2.05, 4.69) is 66.1 Å². The molecule has 1 aliphatic rings. The molecule has 0 amide bonds. The Morgan fingerprint density at radius 2 is 1.81 bits per heavy atom. The Labute approximate surface area is 160 Å². The highest BCUT2D eigenvalue weighted by Crippen LogP contribution is 2.47. The van der Waals surface area contributed by atoms with Crippen LogP contribution in [0.1, 0.15) is 43.1 Å². The van der Waals surface area contributed by atoms with Crippen LogP contribution >= 0.6 is 0 Å². The van der Waals surface area contributed by atoms with Gasteiger partial charge in [-0.15, -0.1) is 0 Å². The van der Waals surface area contributed by atoms with E-state index in [0.29, 0.717) is 6.04 Å². The molecule has 0 saturated heterocycles. The molecule has 0 radical (unpaired) electrons. The maximum absolute atomic E-state index is 8.36. The SMILES string of the molecule is Cc1ccccc1C1(NC(C)CCn2ccnc2C)CC1.O=CO.O=CO. The van der Waals surface area contributed by atoms with Crippen LogP contribution in [-0.4, -0.2) is 38.8 Å². The van der Waals surface area contributed by atoms with Gasteiger partial charge in [-0.1, -0.05) is 24.3 Å². The summed E-state index contributed by atoms with van der Waals surface area (Å²) in [5, 5.41) is 17.7. The molecule has 148 valence electrons. The van der Waals surface area contributed by atoms with Crippen molar-refractivity contribution in [2.45, 2.75) is 58.2 Å². The van der Waals surface area contributed by atoms with Crippen molar-refractivity contribution >= 4 is 12.9 Å². The van der Waals surface area contributed by atoms with Gasteiger partial charge in [-0.3, -0.25) is 9.59 Å². The third kappa shape index (κ3) is 6.86. The molecule has 0 aliphatic heterocycles. The smallest absolute Gasteiger partial charge is 0.290 e. The van der Waals surface area contributed by atoms with E-state index in [1.54, 1.807) is 0 Å². The predicted molar refractivity (Wildman–Crippen MR) is 104 cm³/mol. The van der Waals surface area contributed by atoms with Crippen molar-refractivity contribution < 1.29 is 19.8 Å². The van der Waals surface area contributed by atoms with Crippen molar-refractivity contribution in [3.05, 3.63) is 53.6 Å². The van der Waals surface area contributed by atoms with E-state index in [4.69, 9.17) is 19.8 Å². The van der Waals surface area contributed by atoms with Crippen LogP contribution < -0.4 is 5.32 Å². The third-order valence-corrected chi connectivity index (χ3v) is 4.66. The van der Waals surface area contributed by atoms with Crippen LogP contribution in [-0.2, 0) is 21.7 Å². The van der Waals surface area contributed by atoms with Crippen LogP contribution in [0.25, 0.3) is 0 Å². The van der Waals surface area contributed by atoms with Crippen molar-refractivity contribution in [3.63, 3.8) is 0 Å². The maximum atomic E-state index is 8.36. The Hall–Kier alpha value is -2.67. The van der Waals surface area contributed by atoms with Gasteiger partial charge in [0.1, 0.15) is 5.82 Å². The van der Waals surface area contributed by atoms with Crippen molar-refractivity contribution in [3.8, 4) is 0 Å². The molecular weight excluding hydrogens is 346 g/mol. The summed E-state index contributed by atoms with van der Waals surface area (Å²) < 4.78 is 2.23. The molecule has 1 aromatic heterocycles. The summed E-state index contributed by atoms with van der Waals surface area (Å²) in [7, 11) is 0. The Kier molecular flexibility index (Phi) is 9.22. The highest BCUT2D eigenvalue weighted by molar-refractivity contribution is 5.37. The number of aryl methyl sites for hydroxylation is 3. The van der Waals surface area contributed by atoms with Crippen LogP contribution in [0.4, 0.5) is 0 Å². The average molecular weight is 375 g/mol. The van der Waals surface area contributed by atoms with Gasteiger partial charge in [0, 0.05) is 30.5 Å². The van der Waals surface area contributed by atoms with Crippen LogP contribution in [0.15, 0.2) is 36.7 Å². The number of carboxylic acid groups (broad SMARTS) is 2. The van der Waals surface area contributed by atoms with E-state index in [9.17, 15) is 0 Å². The minimum atomic E-state index is -0.250. The van der Waals surface area contributed by atoms with Crippen molar-refractivity contribution in [2.24, 2.45) is 0 Å². The quantitative estimate of drug-likeness (QED) is 0.671. The molecule has 7 nitrogen and oxygen atoms in total. The number of benzene rings is 1. The fourth-order valence-corrected chi connectivity index (χ4v) is 3.24. The molecule has 0 spiro atoms. The molecule has 2 aromatic rings. The van der Waals surface area contributed by atoms with E-state index >= 15 is 0 Å².